The third kappa shape index (κ3) is 1.53. The van der Waals surface area contributed by atoms with Crippen molar-refractivity contribution in [3.8, 4) is 0 Å². The first-order valence-corrected chi connectivity index (χ1v) is 5.55. The molecule has 0 spiro atoms. The monoisotopic (exact) mass is 195 g/mol. The summed E-state index contributed by atoms with van der Waals surface area (Å²) in [5, 5.41) is 0. The lowest BCUT2D eigenvalue weighted by molar-refractivity contribution is 0.111. The van der Waals surface area contributed by atoms with E-state index >= 15 is 0 Å². The molecule has 0 saturated carbocycles. The van der Waals surface area contributed by atoms with Gasteiger partial charge in [-0.05, 0) is 42.3 Å². The average molecular weight is 195 g/mol. The molecule has 0 bridgehead atoms. The fourth-order valence-corrected chi connectivity index (χ4v) is 2.81. The van der Waals surface area contributed by atoms with Crippen LogP contribution in [0.3, 0.4) is 0 Å². The Morgan fingerprint density at radius 1 is 1.69 bits per heavy atom. The molecule has 2 rings (SSSR count). The summed E-state index contributed by atoms with van der Waals surface area (Å²) in [5.41, 5.74) is 1.93. The summed E-state index contributed by atoms with van der Waals surface area (Å²) in [5.74, 6) is 0.766. The van der Waals surface area contributed by atoms with Gasteiger partial charge in [-0.25, -0.2) is 0 Å². The highest BCUT2D eigenvalue weighted by Crippen LogP contribution is 2.31. The molecule has 1 aliphatic carbocycles. The molecule has 1 atom stereocenters. The van der Waals surface area contributed by atoms with Gasteiger partial charge in [0.15, 0.2) is 6.29 Å². The zero-order chi connectivity index (χ0) is 9.26. The zero-order valence-corrected chi connectivity index (χ0v) is 8.56. The van der Waals surface area contributed by atoms with Crippen LogP contribution < -0.4 is 0 Å². The Balaban J connectivity index is 2.30. The van der Waals surface area contributed by atoms with Gasteiger partial charge in [0.05, 0.1) is 0 Å². The van der Waals surface area contributed by atoms with E-state index in [1.54, 1.807) is 0 Å². The lowest BCUT2D eigenvalue weighted by atomic mass is 9.86. The van der Waals surface area contributed by atoms with Crippen molar-refractivity contribution in [3.63, 3.8) is 0 Å². The lowest BCUT2D eigenvalue weighted by Crippen LogP contribution is -2.12. The molecule has 0 aliphatic heterocycles. The largest absolute Gasteiger partial charge is 0.296 e. The van der Waals surface area contributed by atoms with Gasteiger partial charge in [-0.2, -0.15) is 4.37 Å². The maximum Gasteiger partial charge on any atom is 0.169 e. The van der Waals surface area contributed by atoms with E-state index in [0.29, 0.717) is 5.69 Å². The number of nitrogens with zero attached hydrogens (tertiary/aromatic N) is 1. The van der Waals surface area contributed by atoms with Crippen LogP contribution in [0.25, 0.3) is 0 Å². The van der Waals surface area contributed by atoms with E-state index in [4.69, 9.17) is 0 Å². The number of carbonyl (C=O) groups excluding carboxylic acids is 1. The Bertz CT molecular complexity index is 319. The summed E-state index contributed by atoms with van der Waals surface area (Å²) in [4.78, 5) is 12.0. The van der Waals surface area contributed by atoms with Crippen molar-refractivity contribution in [1.29, 1.82) is 0 Å². The molecular weight excluding hydrogens is 182 g/mol. The number of carbonyl (C=O) groups is 1. The quantitative estimate of drug-likeness (QED) is 0.678. The normalized spacial score (nSPS) is 21.2. The van der Waals surface area contributed by atoms with Crippen LogP contribution >= 0.6 is 11.5 Å². The molecule has 2 nitrogen and oxygen atoms in total. The molecule has 1 aromatic heterocycles. The number of aryl methyl sites for hydroxylation is 1. The van der Waals surface area contributed by atoms with Gasteiger partial charge in [0.25, 0.3) is 0 Å². The molecule has 0 amide bonds. The van der Waals surface area contributed by atoms with Crippen molar-refractivity contribution in [1.82, 2.24) is 4.37 Å². The molecule has 1 aromatic rings. The molecule has 0 aromatic carbocycles. The van der Waals surface area contributed by atoms with Gasteiger partial charge in [0.2, 0.25) is 0 Å². The van der Waals surface area contributed by atoms with E-state index in [1.807, 2.05) is 0 Å². The summed E-state index contributed by atoms with van der Waals surface area (Å²) in [7, 11) is 0. The third-order valence-corrected chi connectivity index (χ3v) is 3.82. The van der Waals surface area contributed by atoms with Crippen molar-refractivity contribution in [2.45, 2.75) is 32.6 Å². The zero-order valence-electron chi connectivity index (χ0n) is 7.75. The topological polar surface area (TPSA) is 30.0 Å². The first-order valence-electron chi connectivity index (χ1n) is 4.77. The van der Waals surface area contributed by atoms with Crippen LogP contribution in [0.5, 0.6) is 0 Å². The predicted molar refractivity (Wildman–Crippen MR) is 53.3 cm³/mol. The van der Waals surface area contributed by atoms with E-state index in [2.05, 4.69) is 11.3 Å². The number of hydrogen-bond donors (Lipinski definition) is 0. The Hall–Kier alpha value is -0.700. The van der Waals surface area contributed by atoms with Crippen molar-refractivity contribution in [3.05, 3.63) is 16.1 Å². The fourth-order valence-electron chi connectivity index (χ4n) is 1.94. The Morgan fingerprint density at radius 3 is 3.23 bits per heavy atom. The number of aromatic nitrogens is 1. The van der Waals surface area contributed by atoms with Gasteiger partial charge in [-0.15, -0.1) is 0 Å². The molecule has 13 heavy (non-hydrogen) atoms. The van der Waals surface area contributed by atoms with Crippen LogP contribution in [0.4, 0.5) is 0 Å². The van der Waals surface area contributed by atoms with Crippen molar-refractivity contribution in [2.24, 2.45) is 5.92 Å². The molecule has 1 heterocycles. The van der Waals surface area contributed by atoms with Crippen molar-refractivity contribution < 1.29 is 4.79 Å². The average Bonchev–Trinajstić information content (AvgIpc) is 2.59. The van der Waals surface area contributed by atoms with Crippen molar-refractivity contribution >= 4 is 17.8 Å². The van der Waals surface area contributed by atoms with Gasteiger partial charge >= 0.3 is 0 Å². The molecule has 0 radical (unpaired) electrons. The molecule has 3 heteroatoms. The number of rotatable bonds is 2. The molecule has 70 valence electrons. The molecule has 1 aliphatic rings. The highest BCUT2D eigenvalue weighted by atomic mass is 32.1. The fraction of sp³-hybridized carbons (Fsp3) is 0.600. The van der Waals surface area contributed by atoms with E-state index in [-0.39, 0.29) is 0 Å². The van der Waals surface area contributed by atoms with E-state index < -0.39 is 0 Å². The first-order chi connectivity index (χ1) is 6.35. The molecule has 0 fully saturated rings. The third-order valence-electron chi connectivity index (χ3n) is 2.86. The van der Waals surface area contributed by atoms with Crippen LogP contribution in [0.15, 0.2) is 0 Å². The van der Waals surface area contributed by atoms with E-state index in [1.165, 1.54) is 34.8 Å². The number of fused-ring (bicyclic) bond motifs is 1. The minimum Gasteiger partial charge on any atom is -0.296 e. The number of aldehydes is 1. The summed E-state index contributed by atoms with van der Waals surface area (Å²) in [6.07, 6.45) is 5.57. The highest BCUT2D eigenvalue weighted by molar-refractivity contribution is 7.06. The molecule has 1 unspecified atom stereocenters. The SMILES string of the molecule is CCC1CCc2snc(C=O)c2C1. The van der Waals surface area contributed by atoms with Crippen molar-refractivity contribution in [2.75, 3.05) is 0 Å². The second-order valence-corrected chi connectivity index (χ2v) is 4.46. The van der Waals surface area contributed by atoms with E-state index in [9.17, 15) is 4.79 Å². The summed E-state index contributed by atoms with van der Waals surface area (Å²) >= 11 is 1.51. The molecule has 0 N–H and O–H groups in total. The van der Waals surface area contributed by atoms with Gasteiger partial charge < -0.3 is 0 Å². The van der Waals surface area contributed by atoms with Gasteiger partial charge in [0, 0.05) is 4.88 Å². The second kappa shape index (κ2) is 3.58. The summed E-state index contributed by atoms with van der Waals surface area (Å²) in [6, 6.07) is 0. The standard InChI is InChI=1S/C10H13NOS/c1-2-7-3-4-10-8(5-7)9(6-12)11-13-10/h6-7H,2-5H2,1H3. The second-order valence-electron chi connectivity index (χ2n) is 3.60. The van der Waals surface area contributed by atoms with Crippen LogP contribution in [0.1, 0.15) is 40.7 Å². The van der Waals surface area contributed by atoms with Crippen LogP contribution in [-0.2, 0) is 12.8 Å². The van der Waals surface area contributed by atoms with Crippen LogP contribution in [-0.4, -0.2) is 10.7 Å². The van der Waals surface area contributed by atoms with Gasteiger partial charge in [-0.3, -0.25) is 4.79 Å². The van der Waals surface area contributed by atoms with Gasteiger partial charge in [-0.1, -0.05) is 13.3 Å². The summed E-state index contributed by atoms with van der Waals surface area (Å²) in [6.45, 7) is 2.22. The van der Waals surface area contributed by atoms with Crippen LogP contribution in [0.2, 0.25) is 0 Å². The smallest absolute Gasteiger partial charge is 0.169 e. The molecular formula is C10H13NOS. The maximum atomic E-state index is 10.7. The highest BCUT2D eigenvalue weighted by Gasteiger charge is 2.22. The summed E-state index contributed by atoms with van der Waals surface area (Å²) < 4.78 is 4.16. The van der Waals surface area contributed by atoms with Crippen LogP contribution in [0, 0.1) is 5.92 Å². The molecule has 0 saturated heterocycles. The minimum atomic E-state index is 0.693. The predicted octanol–water partition coefficient (Wildman–Crippen LogP) is 2.47. The number of hydrogen-bond acceptors (Lipinski definition) is 3. The lowest BCUT2D eigenvalue weighted by Gasteiger charge is -2.19. The minimum absolute atomic E-state index is 0.693. The Kier molecular flexibility index (Phi) is 2.44. The maximum absolute atomic E-state index is 10.7. The Morgan fingerprint density at radius 2 is 2.54 bits per heavy atom. The first kappa shape index (κ1) is 8.88. The Labute approximate surface area is 82.1 Å². The van der Waals surface area contributed by atoms with E-state index in [0.717, 1.165) is 25.0 Å². The van der Waals surface area contributed by atoms with Gasteiger partial charge in [0.1, 0.15) is 5.69 Å².